The molecule has 0 unspecified atom stereocenters. The molecule has 1 heterocycles. The Labute approximate surface area is 118 Å². The lowest BCUT2D eigenvalue weighted by atomic mass is 10.2. The summed E-state index contributed by atoms with van der Waals surface area (Å²) in [6.45, 7) is 4.16. The molecule has 0 saturated heterocycles. The van der Waals surface area contributed by atoms with E-state index in [1.54, 1.807) is 13.0 Å². The van der Waals surface area contributed by atoms with Crippen molar-refractivity contribution in [3.8, 4) is 0 Å². The zero-order chi connectivity index (χ0) is 14.8. The maximum atomic E-state index is 12.7. The summed E-state index contributed by atoms with van der Waals surface area (Å²) < 4.78 is 26.8. The van der Waals surface area contributed by atoms with Gasteiger partial charge < -0.3 is 5.73 Å². The second-order valence-corrected chi connectivity index (χ2v) is 6.24. The molecule has 6 nitrogen and oxygen atoms in total. The van der Waals surface area contributed by atoms with Crippen LogP contribution < -0.4 is 10.0 Å². The fraction of sp³-hybridized carbons (Fsp3) is 0.308. The molecule has 0 radical (unpaired) electrons. The first-order chi connectivity index (χ1) is 9.50. The molecule has 0 aliphatic rings. The summed E-state index contributed by atoms with van der Waals surface area (Å²) in [5.74, 6) is 0. The predicted molar refractivity (Wildman–Crippen MR) is 77.9 cm³/mol. The van der Waals surface area contributed by atoms with Crippen molar-refractivity contribution < 1.29 is 8.42 Å². The number of aromatic amines is 1. The van der Waals surface area contributed by atoms with Crippen molar-refractivity contribution in [3.05, 3.63) is 41.6 Å². The Morgan fingerprint density at radius 1 is 1.40 bits per heavy atom. The number of hydrogen-bond acceptors (Lipinski definition) is 4. The van der Waals surface area contributed by atoms with Gasteiger partial charge in [-0.15, -0.1) is 0 Å². The number of rotatable bonds is 5. The molecule has 0 amide bonds. The molecular formula is C13H18N4O2S. The van der Waals surface area contributed by atoms with Gasteiger partial charge in [0, 0.05) is 18.7 Å². The Kier molecular flexibility index (Phi) is 4.10. The molecule has 0 spiro atoms. The highest BCUT2D eigenvalue weighted by atomic mass is 32.2. The Morgan fingerprint density at radius 3 is 2.75 bits per heavy atom. The van der Waals surface area contributed by atoms with E-state index in [0.29, 0.717) is 17.8 Å². The molecular weight excluding hydrogens is 276 g/mol. The first kappa shape index (κ1) is 14.5. The summed E-state index contributed by atoms with van der Waals surface area (Å²) in [7, 11) is -3.69. The third-order valence-electron chi connectivity index (χ3n) is 3.02. The summed E-state index contributed by atoms with van der Waals surface area (Å²) in [6, 6.07) is 7.36. The number of hydrogen-bond donors (Lipinski definition) is 2. The average Bonchev–Trinajstić information content (AvgIpc) is 2.88. The number of anilines is 1. The van der Waals surface area contributed by atoms with Crippen LogP contribution in [-0.4, -0.2) is 25.2 Å². The van der Waals surface area contributed by atoms with Gasteiger partial charge in [-0.25, -0.2) is 0 Å². The SMILES string of the molecule is CCN(c1cccc(C)c1)S(=O)(=O)c1[nH]ncc1CN. The van der Waals surface area contributed by atoms with E-state index in [4.69, 9.17) is 5.73 Å². The van der Waals surface area contributed by atoms with Gasteiger partial charge in [0.15, 0.2) is 5.03 Å². The number of nitrogens with zero attached hydrogens (tertiary/aromatic N) is 2. The van der Waals surface area contributed by atoms with Gasteiger partial charge in [0.25, 0.3) is 10.0 Å². The number of nitrogens with one attached hydrogen (secondary N) is 1. The van der Waals surface area contributed by atoms with Crippen molar-refractivity contribution in [3.63, 3.8) is 0 Å². The third-order valence-corrected chi connectivity index (χ3v) is 4.94. The first-order valence-electron chi connectivity index (χ1n) is 6.32. The second-order valence-electron chi connectivity index (χ2n) is 4.44. The van der Waals surface area contributed by atoms with Crippen LogP contribution in [-0.2, 0) is 16.6 Å². The van der Waals surface area contributed by atoms with Crippen LogP contribution in [0.25, 0.3) is 0 Å². The van der Waals surface area contributed by atoms with Crippen LogP contribution in [0.1, 0.15) is 18.1 Å². The van der Waals surface area contributed by atoms with Crippen molar-refractivity contribution in [2.75, 3.05) is 10.8 Å². The molecule has 2 rings (SSSR count). The minimum atomic E-state index is -3.69. The zero-order valence-electron chi connectivity index (χ0n) is 11.5. The van der Waals surface area contributed by atoms with E-state index < -0.39 is 10.0 Å². The van der Waals surface area contributed by atoms with Gasteiger partial charge in [0.2, 0.25) is 0 Å². The minimum absolute atomic E-state index is 0.0587. The Morgan fingerprint density at radius 2 is 2.15 bits per heavy atom. The second kappa shape index (κ2) is 5.64. The van der Waals surface area contributed by atoms with Crippen LogP contribution in [0.5, 0.6) is 0 Å². The van der Waals surface area contributed by atoms with Crippen LogP contribution >= 0.6 is 0 Å². The molecule has 3 N–H and O–H groups in total. The van der Waals surface area contributed by atoms with E-state index in [1.165, 1.54) is 10.5 Å². The molecule has 0 aliphatic heterocycles. The van der Waals surface area contributed by atoms with Crippen LogP contribution in [0.3, 0.4) is 0 Å². The highest BCUT2D eigenvalue weighted by Crippen LogP contribution is 2.24. The molecule has 0 fully saturated rings. The quantitative estimate of drug-likeness (QED) is 0.871. The van der Waals surface area contributed by atoms with Crippen LogP contribution in [0.4, 0.5) is 5.69 Å². The number of nitrogens with two attached hydrogens (primary N) is 1. The van der Waals surface area contributed by atoms with E-state index in [2.05, 4.69) is 10.2 Å². The van der Waals surface area contributed by atoms with Gasteiger partial charge in [-0.1, -0.05) is 12.1 Å². The third kappa shape index (κ3) is 2.54. The fourth-order valence-corrected chi connectivity index (χ4v) is 3.64. The number of H-pyrrole nitrogens is 1. The molecule has 0 saturated carbocycles. The lowest BCUT2D eigenvalue weighted by Crippen LogP contribution is -2.32. The molecule has 7 heteroatoms. The highest BCUT2D eigenvalue weighted by molar-refractivity contribution is 7.92. The van der Waals surface area contributed by atoms with Crippen LogP contribution in [0, 0.1) is 6.92 Å². The number of aromatic nitrogens is 2. The number of aryl methyl sites for hydroxylation is 1. The first-order valence-corrected chi connectivity index (χ1v) is 7.76. The zero-order valence-corrected chi connectivity index (χ0v) is 12.3. The number of benzene rings is 1. The van der Waals surface area contributed by atoms with Gasteiger partial charge in [-0.2, -0.15) is 13.5 Å². The summed E-state index contributed by atoms with van der Waals surface area (Å²) >= 11 is 0. The summed E-state index contributed by atoms with van der Waals surface area (Å²) in [4.78, 5) is 0. The van der Waals surface area contributed by atoms with E-state index >= 15 is 0 Å². The van der Waals surface area contributed by atoms with Crippen molar-refractivity contribution in [2.45, 2.75) is 25.4 Å². The lowest BCUT2D eigenvalue weighted by molar-refractivity contribution is 0.586. The molecule has 108 valence electrons. The van der Waals surface area contributed by atoms with Crippen molar-refractivity contribution in [2.24, 2.45) is 5.73 Å². The normalized spacial score (nSPS) is 11.6. The molecule has 1 aromatic carbocycles. The van der Waals surface area contributed by atoms with E-state index in [-0.39, 0.29) is 11.6 Å². The Hall–Kier alpha value is -1.86. The topological polar surface area (TPSA) is 92.1 Å². The molecule has 2 aromatic rings. The molecule has 0 atom stereocenters. The fourth-order valence-electron chi connectivity index (χ4n) is 2.05. The Bertz CT molecular complexity index is 694. The van der Waals surface area contributed by atoms with Crippen LogP contribution in [0.15, 0.2) is 35.5 Å². The van der Waals surface area contributed by atoms with Gasteiger partial charge in [0.1, 0.15) is 0 Å². The summed E-state index contributed by atoms with van der Waals surface area (Å²) in [5, 5.41) is 6.37. The average molecular weight is 294 g/mol. The highest BCUT2D eigenvalue weighted by Gasteiger charge is 2.27. The van der Waals surface area contributed by atoms with Crippen LogP contribution in [0.2, 0.25) is 0 Å². The molecule has 0 aliphatic carbocycles. The van der Waals surface area contributed by atoms with Gasteiger partial charge in [-0.05, 0) is 31.5 Å². The number of sulfonamides is 1. The predicted octanol–water partition coefficient (Wildman–Crippen LogP) is 1.39. The van der Waals surface area contributed by atoms with Gasteiger partial charge in [0.05, 0.1) is 11.9 Å². The molecule has 1 aromatic heterocycles. The smallest absolute Gasteiger partial charge is 0.281 e. The lowest BCUT2D eigenvalue weighted by Gasteiger charge is -2.22. The summed E-state index contributed by atoms with van der Waals surface area (Å²) in [6.07, 6.45) is 1.44. The van der Waals surface area contributed by atoms with Gasteiger partial charge >= 0.3 is 0 Å². The van der Waals surface area contributed by atoms with Crippen molar-refractivity contribution in [1.82, 2.24) is 10.2 Å². The standard InChI is InChI=1S/C13H18N4O2S/c1-3-17(12-6-4-5-10(2)7-12)20(18,19)13-11(8-14)9-15-16-13/h4-7,9H,3,8,14H2,1-2H3,(H,15,16). The maximum Gasteiger partial charge on any atom is 0.281 e. The van der Waals surface area contributed by atoms with E-state index in [0.717, 1.165) is 5.56 Å². The molecule has 0 bridgehead atoms. The van der Waals surface area contributed by atoms with Crippen molar-refractivity contribution in [1.29, 1.82) is 0 Å². The summed E-state index contributed by atoms with van der Waals surface area (Å²) in [5.41, 5.74) is 7.67. The van der Waals surface area contributed by atoms with E-state index in [1.807, 2.05) is 25.1 Å². The molecule has 20 heavy (non-hydrogen) atoms. The monoisotopic (exact) mass is 294 g/mol. The van der Waals surface area contributed by atoms with E-state index in [9.17, 15) is 8.42 Å². The van der Waals surface area contributed by atoms with Gasteiger partial charge in [-0.3, -0.25) is 9.40 Å². The maximum absolute atomic E-state index is 12.7. The minimum Gasteiger partial charge on any atom is -0.326 e. The largest absolute Gasteiger partial charge is 0.326 e. The van der Waals surface area contributed by atoms with Crippen molar-refractivity contribution >= 4 is 15.7 Å². The Balaban J connectivity index is 2.51.